The van der Waals surface area contributed by atoms with E-state index in [0.717, 1.165) is 41.2 Å². The van der Waals surface area contributed by atoms with Crippen LogP contribution in [0.4, 0.5) is 10.2 Å². The zero-order chi connectivity index (χ0) is 33.0. The van der Waals surface area contributed by atoms with Gasteiger partial charge in [0.05, 0.1) is 29.9 Å². The Hall–Kier alpha value is -4.19. The first-order valence-electron chi connectivity index (χ1n) is 17.3. The maximum absolute atomic E-state index is 13.8. The summed E-state index contributed by atoms with van der Waals surface area (Å²) in [6.07, 6.45) is 10.7. The third-order valence-electron chi connectivity index (χ3n) is 10.2. The Kier molecular flexibility index (Phi) is 9.78. The Bertz CT molecular complexity index is 1800. The van der Waals surface area contributed by atoms with Crippen LogP contribution in [0.1, 0.15) is 66.1 Å². The molecule has 3 aliphatic rings. The van der Waals surface area contributed by atoms with Crippen LogP contribution in [0, 0.1) is 11.7 Å². The number of hydrogen-bond donors (Lipinski definition) is 3. The van der Waals surface area contributed by atoms with Crippen LogP contribution in [-0.2, 0) is 6.54 Å². The minimum absolute atomic E-state index is 0.0648. The van der Waals surface area contributed by atoms with Gasteiger partial charge in [0.25, 0.3) is 11.5 Å². The van der Waals surface area contributed by atoms with Crippen molar-refractivity contribution in [2.45, 2.75) is 63.2 Å². The second-order valence-electron chi connectivity index (χ2n) is 13.6. The molecule has 10 nitrogen and oxygen atoms in total. The molecule has 3 N–H and O–H groups in total. The second-order valence-corrected chi connectivity index (χ2v) is 13.6. The summed E-state index contributed by atoms with van der Waals surface area (Å²) in [5.41, 5.74) is 2.11. The van der Waals surface area contributed by atoms with Gasteiger partial charge in [-0.2, -0.15) is 0 Å². The minimum Gasteiger partial charge on any atom is -0.394 e. The van der Waals surface area contributed by atoms with Gasteiger partial charge < -0.3 is 25.2 Å². The van der Waals surface area contributed by atoms with Crippen LogP contribution >= 0.6 is 0 Å². The number of nitrogens with one attached hydrogen (secondary N) is 2. The topological polar surface area (TPSA) is 116 Å². The van der Waals surface area contributed by atoms with E-state index in [0.29, 0.717) is 17.6 Å². The van der Waals surface area contributed by atoms with Gasteiger partial charge in [-0.1, -0.05) is 18.2 Å². The number of hydrogen-bond acceptors (Lipinski definition) is 8. The monoisotopic (exact) mass is 653 g/mol. The third kappa shape index (κ3) is 7.59. The summed E-state index contributed by atoms with van der Waals surface area (Å²) in [6.45, 7) is 5.87. The molecular formula is C37H44FN7O3. The average Bonchev–Trinajstić information content (AvgIpc) is 3.93. The van der Waals surface area contributed by atoms with Crippen molar-refractivity contribution in [1.29, 1.82) is 0 Å². The van der Waals surface area contributed by atoms with Crippen molar-refractivity contribution in [3.63, 3.8) is 0 Å². The fourth-order valence-corrected chi connectivity index (χ4v) is 7.28. The first kappa shape index (κ1) is 32.4. The Balaban J connectivity index is 0.940. The van der Waals surface area contributed by atoms with E-state index in [4.69, 9.17) is 4.98 Å². The lowest BCUT2D eigenvalue weighted by Gasteiger charge is -2.42. The molecule has 3 fully saturated rings. The zero-order valence-electron chi connectivity index (χ0n) is 27.2. The number of carbonyl (C=O) groups excluding carboxylic acids is 1. The Labute approximate surface area is 280 Å². The highest BCUT2D eigenvalue weighted by molar-refractivity contribution is 5.93. The normalized spacial score (nSPS) is 21.2. The van der Waals surface area contributed by atoms with E-state index in [1.165, 1.54) is 93.4 Å². The molecule has 3 heterocycles. The fraction of sp³-hybridized carbons (Fsp3) is 0.459. The maximum Gasteiger partial charge on any atom is 0.264 e. The van der Waals surface area contributed by atoms with Crippen LogP contribution in [0.3, 0.4) is 0 Å². The molecule has 0 radical (unpaired) electrons. The van der Waals surface area contributed by atoms with Gasteiger partial charge in [0.2, 0.25) is 0 Å². The van der Waals surface area contributed by atoms with E-state index in [1.54, 1.807) is 18.3 Å². The van der Waals surface area contributed by atoms with Crippen LogP contribution in [0.25, 0.3) is 11.0 Å². The molecule has 2 aromatic heterocycles. The molecular weight excluding hydrogens is 609 g/mol. The smallest absolute Gasteiger partial charge is 0.264 e. The second kappa shape index (κ2) is 14.5. The fourth-order valence-electron chi connectivity index (χ4n) is 7.28. The number of rotatable bonds is 11. The van der Waals surface area contributed by atoms with E-state index in [1.807, 2.05) is 18.2 Å². The summed E-state index contributed by atoms with van der Waals surface area (Å²) in [5, 5.41) is 16.5. The van der Waals surface area contributed by atoms with Gasteiger partial charge in [-0.25, -0.2) is 9.37 Å². The number of carbonyl (C=O) groups is 1. The lowest BCUT2D eigenvalue weighted by molar-refractivity contribution is 0.0752. The molecule has 2 aliphatic carbocycles. The van der Waals surface area contributed by atoms with Gasteiger partial charge in [-0.05, 0) is 92.0 Å². The molecule has 1 aliphatic heterocycles. The van der Waals surface area contributed by atoms with Gasteiger partial charge >= 0.3 is 0 Å². The van der Waals surface area contributed by atoms with E-state index in [9.17, 15) is 19.1 Å². The average molecular weight is 654 g/mol. The number of aromatic nitrogens is 3. The van der Waals surface area contributed by atoms with Crippen molar-refractivity contribution in [2.24, 2.45) is 5.92 Å². The first-order valence-corrected chi connectivity index (χ1v) is 17.3. The molecule has 1 saturated heterocycles. The largest absolute Gasteiger partial charge is 0.394 e. The molecule has 11 heteroatoms. The Morgan fingerprint density at radius 3 is 2.52 bits per heavy atom. The van der Waals surface area contributed by atoms with Gasteiger partial charge in [-0.15, -0.1) is 0 Å². The number of piperazine rings is 1. The van der Waals surface area contributed by atoms with Crippen LogP contribution in [0.15, 0.2) is 71.8 Å². The van der Waals surface area contributed by atoms with Crippen LogP contribution in [-0.4, -0.2) is 86.8 Å². The van der Waals surface area contributed by atoms with Crippen molar-refractivity contribution in [1.82, 2.24) is 29.7 Å². The van der Waals surface area contributed by atoms with Gasteiger partial charge in [0, 0.05) is 57.5 Å². The lowest BCUT2D eigenvalue weighted by atomic mass is 9.89. The van der Waals surface area contributed by atoms with Gasteiger partial charge in [0.15, 0.2) is 0 Å². The van der Waals surface area contributed by atoms with Crippen LogP contribution in [0.5, 0.6) is 0 Å². The first-order chi connectivity index (χ1) is 23.4. The maximum atomic E-state index is 13.8. The summed E-state index contributed by atoms with van der Waals surface area (Å²) < 4.78 is 15.1. The van der Waals surface area contributed by atoms with Crippen molar-refractivity contribution in [3.05, 3.63) is 99.9 Å². The number of nitrogens with zero attached hydrogens (tertiary/aromatic N) is 5. The molecule has 4 aromatic rings. The third-order valence-corrected chi connectivity index (χ3v) is 10.2. The van der Waals surface area contributed by atoms with E-state index < -0.39 is 29.9 Å². The predicted octanol–water partition coefficient (Wildman–Crippen LogP) is 4.19. The summed E-state index contributed by atoms with van der Waals surface area (Å²) in [4.78, 5) is 41.2. The number of aliphatic hydroxyl groups excluding tert-OH is 1. The molecule has 0 bridgehead atoms. The number of benzene rings is 2. The zero-order valence-corrected chi connectivity index (χ0v) is 27.2. The molecule has 1 amide bonds. The SMILES string of the molecule is O=C(NCc1ccc2ncc(N[C@H]3CC[C@H](N4CCN(CC5CC5)CC4)CC3)nc2c1)c1cccn([C@H](CO)c2cccc(F)c2)c1=O. The summed E-state index contributed by atoms with van der Waals surface area (Å²) in [7, 11) is 0. The predicted molar refractivity (Wildman–Crippen MR) is 183 cm³/mol. The van der Waals surface area contributed by atoms with E-state index in [-0.39, 0.29) is 12.1 Å². The molecule has 252 valence electrons. The molecule has 7 rings (SSSR count). The number of halogens is 1. The highest BCUT2D eigenvalue weighted by Crippen LogP contribution is 2.31. The molecule has 0 unspecified atom stereocenters. The standard InChI is InChI=1S/C37H44FN7O3/c38-28-4-1-3-27(20-28)34(24-46)45-14-2-5-31(37(45)48)36(47)40-21-26-8-13-32-33(19-26)42-35(22-39-32)41-29-9-11-30(12-10-29)44-17-15-43(16-18-44)23-25-6-7-25/h1-5,8,13-14,19-20,22,25,29-30,34,46H,6-7,9-12,15-18,21,23-24H2,(H,40,47)(H,41,42)/t29-,30-,34-/m1/s1. The molecule has 0 spiro atoms. The molecule has 1 atom stereocenters. The highest BCUT2D eigenvalue weighted by Gasteiger charge is 2.31. The van der Waals surface area contributed by atoms with Crippen LogP contribution in [0.2, 0.25) is 0 Å². The summed E-state index contributed by atoms with van der Waals surface area (Å²) in [6, 6.07) is 14.6. The Morgan fingerprint density at radius 1 is 0.958 bits per heavy atom. The molecule has 48 heavy (non-hydrogen) atoms. The van der Waals surface area contributed by atoms with E-state index >= 15 is 0 Å². The minimum atomic E-state index is -0.824. The Morgan fingerprint density at radius 2 is 1.77 bits per heavy atom. The van der Waals surface area contributed by atoms with Crippen molar-refractivity contribution >= 4 is 22.8 Å². The number of amides is 1. The number of anilines is 1. The quantitative estimate of drug-likeness (QED) is 0.221. The van der Waals surface area contributed by atoms with Crippen molar-refractivity contribution in [2.75, 3.05) is 44.6 Å². The lowest BCUT2D eigenvalue weighted by Crippen LogP contribution is -2.51. The molecule has 2 aromatic carbocycles. The van der Waals surface area contributed by atoms with Crippen molar-refractivity contribution in [3.8, 4) is 0 Å². The van der Waals surface area contributed by atoms with E-state index in [2.05, 4.69) is 25.4 Å². The number of aliphatic hydroxyl groups is 1. The van der Waals surface area contributed by atoms with Gasteiger partial charge in [-0.3, -0.25) is 19.5 Å². The highest BCUT2D eigenvalue weighted by atomic mass is 19.1. The number of fused-ring (bicyclic) bond motifs is 1. The molecule has 2 saturated carbocycles. The van der Waals surface area contributed by atoms with Gasteiger partial charge in [0.1, 0.15) is 17.2 Å². The van der Waals surface area contributed by atoms with Crippen LogP contribution < -0.4 is 16.2 Å². The summed E-state index contributed by atoms with van der Waals surface area (Å²) in [5.74, 6) is 0.708. The summed E-state index contributed by atoms with van der Waals surface area (Å²) >= 11 is 0. The van der Waals surface area contributed by atoms with Crippen molar-refractivity contribution < 1.29 is 14.3 Å². The number of pyridine rings is 1.